The molecule has 0 saturated heterocycles. The Bertz CT molecular complexity index is 869. The first-order chi connectivity index (χ1) is 12.8. The highest BCUT2D eigenvalue weighted by molar-refractivity contribution is 6.30. The van der Waals surface area contributed by atoms with Crippen LogP contribution in [0.5, 0.6) is 0 Å². The van der Waals surface area contributed by atoms with Crippen molar-refractivity contribution in [3.8, 4) is 0 Å². The monoisotopic (exact) mass is 428 g/mol. The van der Waals surface area contributed by atoms with Crippen molar-refractivity contribution in [1.29, 1.82) is 0 Å². The number of alkyl carbamates (subject to hydrolysis) is 1. The number of ether oxygens (including phenoxy) is 1. The molecule has 2 atom stereocenters. The Labute approximate surface area is 173 Å². The van der Waals surface area contributed by atoms with Gasteiger partial charge in [0, 0.05) is 6.20 Å². The number of carbonyl (C=O) groups is 1. The minimum absolute atomic E-state index is 0.0524. The molecule has 2 unspecified atom stereocenters. The second kappa shape index (κ2) is 8.23. The number of pyridine rings is 1. The van der Waals surface area contributed by atoms with Gasteiger partial charge in [-0.05, 0) is 69.5 Å². The van der Waals surface area contributed by atoms with Crippen molar-refractivity contribution in [3.63, 3.8) is 0 Å². The molecule has 1 amide bonds. The van der Waals surface area contributed by atoms with Gasteiger partial charge >= 0.3 is 6.09 Å². The molecule has 0 fully saturated rings. The van der Waals surface area contributed by atoms with E-state index >= 15 is 0 Å². The van der Waals surface area contributed by atoms with E-state index in [1.807, 2.05) is 0 Å². The minimum atomic E-state index is -1.38. The summed E-state index contributed by atoms with van der Waals surface area (Å²) in [6, 6.07) is 5.73. The summed E-state index contributed by atoms with van der Waals surface area (Å²) >= 11 is 11.7. The molecule has 0 aliphatic rings. The summed E-state index contributed by atoms with van der Waals surface area (Å²) in [7, 11) is 0. The Morgan fingerprint density at radius 3 is 2.43 bits per heavy atom. The van der Waals surface area contributed by atoms with Crippen molar-refractivity contribution < 1.29 is 19.0 Å². The first-order valence-electron chi connectivity index (χ1n) is 8.60. The van der Waals surface area contributed by atoms with Gasteiger partial charge in [0.05, 0.1) is 10.6 Å². The summed E-state index contributed by atoms with van der Waals surface area (Å²) in [4.78, 5) is 16.5. The maximum absolute atomic E-state index is 14.1. The van der Waals surface area contributed by atoms with Crippen LogP contribution in [0.2, 0.25) is 10.2 Å². The third kappa shape index (κ3) is 5.13. The molecule has 1 aromatic heterocycles. The van der Waals surface area contributed by atoms with E-state index in [4.69, 9.17) is 27.9 Å². The van der Waals surface area contributed by atoms with Crippen LogP contribution < -0.4 is 5.32 Å². The zero-order valence-electron chi connectivity index (χ0n) is 16.3. The molecule has 152 valence electrons. The average molecular weight is 429 g/mol. The third-order valence-electron chi connectivity index (χ3n) is 4.24. The fraction of sp³-hybridized carbons (Fsp3) is 0.400. The van der Waals surface area contributed by atoms with Crippen LogP contribution in [-0.2, 0) is 10.3 Å². The van der Waals surface area contributed by atoms with E-state index in [-0.39, 0.29) is 15.7 Å². The van der Waals surface area contributed by atoms with E-state index < -0.39 is 29.2 Å². The summed E-state index contributed by atoms with van der Waals surface area (Å²) < 4.78 is 19.4. The zero-order chi connectivity index (χ0) is 21.3. The first-order valence-corrected chi connectivity index (χ1v) is 9.36. The fourth-order valence-corrected chi connectivity index (χ4v) is 3.09. The number of nitrogens with zero attached hydrogens (tertiary/aromatic N) is 1. The largest absolute Gasteiger partial charge is 0.444 e. The molecule has 1 aromatic carbocycles. The molecule has 0 aliphatic heterocycles. The molecule has 0 spiro atoms. The lowest BCUT2D eigenvalue weighted by atomic mass is 9.82. The summed E-state index contributed by atoms with van der Waals surface area (Å²) in [5, 5.41) is 14.1. The number of aliphatic hydroxyl groups is 1. The van der Waals surface area contributed by atoms with Crippen molar-refractivity contribution in [2.75, 3.05) is 0 Å². The van der Waals surface area contributed by atoms with Gasteiger partial charge in [-0.2, -0.15) is 0 Å². The highest BCUT2D eigenvalue weighted by Gasteiger charge is 2.40. The number of hydrogen-bond donors (Lipinski definition) is 2. The second-order valence-corrected chi connectivity index (χ2v) is 8.52. The van der Waals surface area contributed by atoms with Crippen molar-refractivity contribution in [2.45, 2.75) is 51.9 Å². The summed E-state index contributed by atoms with van der Waals surface area (Å²) in [5.74, 6) is -0.671. The highest BCUT2D eigenvalue weighted by atomic mass is 35.5. The molecule has 0 aliphatic carbocycles. The number of aliphatic hydroxyl groups excluding tert-OH is 1. The van der Waals surface area contributed by atoms with Crippen molar-refractivity contribution in [2.24, 2.45) is 0 Å². The number of carbonyl (C=O) groups excluding carboxylic acids is 1. The Morgan fingerprint density at radius 1 is 1.25 bits per heavy atom. The van der Waals surface area contributed by atoms with Crippen LogP contribution >= 0.6 is 23.2 Å². The van der Waals surface area contributed by atoms with Crippen LogP contribution in [-0.4, -0.2) is 21.8 Å². The number of amides is 1. The van der Waals surface area contributed by atoms with Crippen LogP contribution in [0, 0.1) is 12.7 Å². The minimum Gasteiger partial charge on any atom is -0.444 e. The highest BCUT2D eigenvalue weighted by Crippen LogP contribution is 2.38. The van der Waals surface area contributed by atoms with E-state index in [0.717, 1.165) is 6.07 Å². The standard InChI is InChI=1S/C20H23Cl2FN2O3/c1-11-8-14(21)15(23)9-13(11)17(26)20(5,12-6-7-16(22)24-10-12)25-18(27)28-19(2,3)4/h6-10,17,26H,1-5H3,(H,25,27). The number of aryl methyl sites for hydroxylation is 1. The van der Waals surface area contributed by atoms with Crippen LogP contribution in [0.4, 0.5) is 9.18 Å². The van der Waals surface area contributed by atoms with Crippen molar-refractivity contribution in [3.05, 3.63) is 63.1 Å². The zero-order valence-corrected chi connectivity index (χ0v) is 17.8. The molecule has 1 heterocycles. The Balaban J connectivity index is 2.53. The number of rotatable bonds is 4. The molecule has 0 bridgehead atoms. The van der Waals surface area contributed by atoms with E-state index in [2.05, 4.69) is 10.3 Å². The number of hydrogen-bond acceptors (Lipinski definition) is 4. The molecule has 2 aromatic rings. The quantitative estimate of drug-likeness (QED) is 0.647. The molecule has 5 nitrogen and oxygen atoms in total. The fourth-order valence-electron chi connectivity index (χ4n) is 2.76. The van der Waals surface area contributed by atoms with E-state index in [1.165, 1.54) is 18.3 Å². The topological polar surface area (TPSA) is 71.5 Å². The van der Waals surface area contributed by atoms with Crippen molar-refractivity contribution >= 4 is 29.3 Å². The normalized spacial score (nSPS) is 14.9. The molecular weight excluding hydrogens is 406 g/mol. The lowest BCUT2D eigenvalue weighted by Crippen LogP contribution is -2.49. The molecule has 0 radical (unpaired) electrons. The predicted molar refractivity (Wildman–Crippen MR) is 107 cm³/mol. The Morgan fingerprint density at radius 2 is 1.89 bits per heavy atom. The first kappa shape index (κ1) is 22.4. The lowest BCUT2D eigenvalue weighted by molar-refractivity contribution is 0.0233. The van der Waals surface area contributed by atoms with Gasteiger partial charge in [0.25, 0.3) is 0 Å². The molecule has 28 heavy (non-hydrogen) atoms. The van der Waals surface area contributed by atoms with Crippen LogP contribution in [0.25, 0.3) is 0 Å². The van der Waals surface area contributed by atoms with Crippen LogP contribution in [0.15, 0.2) is 30.5 Å². The third-order valence-corrected chi connectivity index (χ3v) is 4.75. The number of nitrogens with one attached hydrogen (secondary N) is 1. The predicted octanol–water partition coefficient (Wildman–Crippen LogP) is 5.31. The van der Waals surface area contributed by atoms with Gasteiger partial charge in [-0.3, -0.25) is 0 Å². The van der Waals surface area contributed by atoms with Crippen LogP contribution in [0.3, 0.4) is 0 Å². The maximum Gasteiger partial charge on any atom is 0.408 e. The number of halogens is 3. The van der Waals surface area contributed by atoms with Gasteiger partial charge in [0.15, 0.2) is 0 Å². The van der Waals surface area contributed by atoms with E-state index in [0.29, 0.717) is 11.1 Å². The molecule has 2 N–H and O–H groups in total. The summed E-state index contributed by atoms with van der Waals surface area (Å²) in [6.07, 6.45) is -0.629. The Hall–Kier alpha value is -1.89. The molecule has 8 heteroatoms. The van der Waals surface area contributed by atoms with Gasteiger partial charge < -0.3 is 15.2 Å². The molecular formula is C20H23Cl2FN2O3. The number of benzene rings is 1. The van der Waals surface area contributed by atoms with Crippen LogP contribution in [0.1, 0.15) is 50.5 Å². The van der Waals surface area contributed by atoms with Gasteiger partial charge in [0.2, 0.25) is 0 Å². The van der Waals surface area contributed by atoms with E-state index in [1.54, 1.807) is 40.7 Å². The van der Waals surface area contributed by atoms with Gasteiger partial charge in [-0.25, -0.2) is 14.2 Å². The van der Waals surface area contributed by atoms with E-state index in [9.17, 15) is 14.3 Å². The maximum atomic E-state index is 14.1. The Kier molecular flexibility index (Phi) is 6.58. The van der Waals surface area contributed by atoms with Crippen molar-refractivity contribution in [1.82, 2.24) is 10.3 Å². The summed E-state index contributed by atoms with van der Waals surface area (Å²) in [6.45, 7) is 8.46. The smallest absolute Gasteiger partial charge is 0.408 e. The SMILES string of the molecule is Cc1cc(Cl)c(F)cc1C(O)C(C)(NC(=O)OC(C)(C)C)c1ccc(Cl)nc1. The molecule has 0 saturated carbocycles. The van der Waals surface area contributed by atoms with Gasteiger partial charge in [-0.1, -0.05) is 29.3 Å². The average Bonchev–Trinajstić information content (AvgIpc) is 2.56. The lowest BCUT2D eigenvalue weighted by Gasteiger charge is -2.37. The molecule has 2 rings (SSSR count). The summed E-state index contributed by atoms with van der Waals surface area (Å²) in [5.41, 5.74) is -0.819. The van der Waals surface area contributed by atoms with Gasteiger partial charge in [-0.15, -0.1) is 0 Å². The van der Waals surface area contributed by atoms with Gasteiger partial charge in [0.1, 0.15) is 22.7 Å². The second-order valence-electron chi connectivity index (χ2n) is 7.72. The number of aromatic nitrogens is 1.